The highest BCUT2D eigenvalue weighted by molar-refractivity contribution is 5.55. The van der Waals surface area contributed by atoms with Gasteiger partial charge in [-0.05, 0) is 55.2 Å². The van der Waals surface area contributed by atoms with Crippen molar-refractivity contribution in [1.29, 1.82) is 0 Å². The van der Waals surface area contributed by atoms with Gasteiger partial charge in [0.05, 0.1) is 0 Å². The van der Waals surface area contributed by atoms with Gasteiger partial charge in [0.2, 0.25) is 0 Å². The third-order valence-corrected chi connectivity index (χ3v) is 3.77. The van der Waals surface area contributed by atoms with Crippen LogP contribution in [0.5, 0.6) is 0 Å². The summed E-state index contributed by atoms with van der Waals surface area (Å²) in [5.74, 6) is 0. The molecule has 1 saturated heterocycles. The van der Waals surface area contributed by atoms with E-state index in [1.165, 1.54) is 42.7 Å². The van der Waals surface area contributed by atoms with Crippen LogP contribution in [0.3, 0.4) is 0 Å². The van der Waals surface area contributed by atoms with Gasteiger partial charge in [-0.2, -0.15) is 0 Å². The predicted octanol–water partition coefficient (Wildman–Crippen LogP) is 3.60. The second kappa shape index (κ2) is 5.95. The standard InChI is InChI=1S/C17H21N3/c1-14-10-15(12-18-11-14)13-19-16-4-6-17(7-5-16)20-8-2-3-9-20/h4-7,10-12,19H,2-3,8-9,13H2,1H3. The topological polar surface area (TPSA) is 28.2 Å². The molecule has 0 spiro atoms. The van der Waals surface area contributed by atoms with Crippen molar-refractivity contribution in [1.82, 2.24) is 4.98 Å². The molecule has 0 radical (unpaired) electrons. The molecule has 1 fully saturated rings. The van der Waals surface area contributed by atoms with E-state index in [9.17, 15) is 0 Å². The number of hydrogen-bond donors (Lipinski definition) is 1. The highest BCUT2D eigenvalue weighted by Crippen LogP contribution is 2.22. The van der Waals surface area contributed by atoms with E-state index in [1.807, 2.05) is 12.4 Å². The quantitative estimate of drug-likeness (QED) is 0.917. The zero-order chi connectivity index (χ0) is 13.8. The van der Waals surface area contributed by atoms with Gasteiger partial charge in [-0.25, -0.2) is 0 Å². The SMILES string of the molecule is Cc1cncc(CNc2ccc(N3CCCC3)cc2)c1. The minimum absolute atomic E-state index is 0.817. The molecule has 2 heterocycles. The Morgan fingerprint density at radius 1 is 1.10 bits per heavy atom. The molecular weight excluding hydrogens is 246 g/mol. The van der Waals surface area contributed by atoms with Crippen LogP contribution in [0.15, 0.2) is 42.7 Å². The van der Waals surface area contributed by atoms with Gasteiger partial charge >= 0.3 is 0 Å². The van der Waals surface area contributed by atoms with Crippen LogP contribution < -0.4 is 10.2 Å². The fraction of sp³-hybridized carbons (Fsp3) is 0.353. The highest BCUT2D eigenvalue weighted by Gasteiger charge is 2.11. The van der Waals surface area contributed by atoms with E-state index in [-0.39, 0.29) is 0 Å². The first kappa shape index (κ1) is 13.0. The Labute approximate surface area is 120 Å². The first-order valence-corrected chi connectivity index (χ1v) is 7.31. The van der Waals surface area contributed by atoms with Gasteiger partial charge in [0.1, 0.15) is 0 Å². The number of anilines is 2. The van der Waals surface area contributed by atoms with Crippen molar-refractivity contribution in [2.24, 2.45) is 0 Å². The first-order valence-electron chi connectivity index (χ1n) is 7.31. The van der Waals surface area contributed by atoms with Crippen LogP contribution in [0.4, 0.5) is 11.4 Å². The summed E-state index contributed by atoms with van der Waals surface area (Å²) in [4.78, 5) is 6.67. The summed E-state index contributed by atoms with van der Waals surface area (Å²) in [7, 11) is 0. The average Bonchev–Trinajstić information content (AvgIpc) is 3.00. The number of nitrogens with zero attached hydrogens (tertiary/aromatic N) is 2. The molecular formula is C17H21N3. The molecule has 0 unspecified atom stereocenters. The Balaban J connectivity index is 1.60. The van der Waals surface area contributed by atoms with Crippen LogP contribution in [-0.2, 0) is 6.54 Å². The smallest absolute Gasteiger partial charge is 0.0416 e. The maximum absolute atomic E-state index is 4.22. The molecule has 1 aliphatic rings. The molecule has 20 heavy (non-hydrogen) atoms. The fourth-order valence-electron chi connectivity index (χ4n) is 2.68. The van der Waals surface area contributed by atoms with E-state index in [1.54, 1.807) is 0 Å². The molecule has 3 nitrogen and oxygen atoms in total. The fourth-order valence-corrected chi connectivity index (χ4v) is 2.68. The third-order valence-electron chi connectivity index (χ3n) is 3.77. The van der Waals surface area contributed by atoms with Gasteiger partial charge in [-0.1, -0.05) is 6.07 Å². The Kier molecular flexibility index (Phi) is 3.86. The third kappa shape index (κ3) is 3.10. The number of rotatable bonds is 4. The average molecular weight is 267 g/mol. The zero-order valence-electron chi connectivity index (χ0n) is 12.0. The summed E-state index contributed by atoms with van der Waals surface area (Å²) in [5.41, 5.74) is 4.92. The minimum Gasteiger partial charge on any atom is -0.381 e. The van der Waals surface area contributed by atoms with Crippen LogP contribution >= 0.6 is 0 Å². The van der Waals surface area contributed by atoms with Crippen LogP contribution in [0, 0.1) is 6.92 Å². The summed E-state index contributed by atoms with van der Waals surface area (Å²) < 4.78 is 0. The van der Waals surface area contributed by atoms with Crippen molar-refractivity contribution < 1.29 is 0 Å². The molecule has 3 rings (SSSR count). The van der Waals surface area contributed by atoms with Crippen LogP contribution in [-0.4, -0.2) is 18.1 Å². The van der Waals surface area contributed by atoms with E-state index < -0.39 is 0 Å². The second-order valence-electron chi connectivity index (χ2n) is 5.47. The van der Waals surface area contributed by atoms with Gasteiger partial charge in [-0.15, -0.1) is 0 Å². The summed E-state index contributed by atoms with van der Waals surface area (Å²) in [6, 6.07) is 10.9. The van der Waals surface area contributed by atoms with Crippen molar-refractivity contribution in [3.63, 3.8) is 0 Å². The minimum atomic E-state index is 0.817. The Bertz CT molecular complexity index is 557. The van der Waals surface area contributed by atoms with Crippen molar-refractivity contribution in [2.45, 2.75) is 26.3 Å². The molecule has 2 aromatic rings. The normalized spacial score (nSPS) is 14.6. The van der Waals surface area contributed by atoms with Crippen LogP contribution in [0.1, 0.15) is 24.0 Å². The Morgan fingerprint density at radius 2 is 1.85 bits per heavy atom. The second-order valence-corrected chi connectivity index (χ2v) is 5.47. The number of aromatic nitrogens is 1. The molecule has 104 valence electrons. The maximum atomic E-state index is 4.22. The monoisotopic (exact) mass is 267 g/mol. The van der Waals surface area contributed by atoms with E-state index in [2.05, 4.69) is 52.5 Å². The van der Waals surface area contributed by atoms with E-state index in [0.717, 1.165) is 12.2 Å². The van der Waals surface area contributed by atoms with Crippen molar-refractivity contribution in [3.05, 3.63) is 53.9 Å². The zero-order valence-corrected chi connectivity index (χ0v) is 12.0. The molecule has 3 heteroatoms. The number of hydrogen-bond acceptors (Lipinski definition) is 3. The number of benzene rings is 1. The van der Waals surface area contributed by atoms with Gasteiger partial charge in [0.25, 0.3) is 0 Å². The largest absolute Gasteiger partial charge is 0.381 e. The van der Waals surface area contributed by atoms with Crippen LogP contribution in [0.2, 0.25) is 0 Å². The lowest BCUT2D eigenvalue weighted by atomic mass is 10.2. The number of pyridine rings is 1. The summed E-state index contributed by atoms with van der Waals surface area (Å²) in [6.07, 6.45) is 6.44. The van der Waals surface area contributed by atoms with E-state index >= 15 is 0 Å². The lowest BCUT2D eigenvalue weighted by molar-refractivity contribution is 0.949. The van der Waals surface area contributed by atoms with Gasteiger partial charge in [0.15, 0.2) is 0 Å². The van der Waals surface area contributed by atoms with Gasteiger partial charge in [0, 0.05) is 43.4 Å². The molecule has 0 bridgehead atoms. The highest BCUT2D eigenvalue weighted by atomic mass is 15.1. The van der Waals surface area contributed by atoms with E-state index in [0.29, 0.717) is 0 Å². The van der Waals surface area contributed by atoms with Gasteiger partial charge < -0.3 is 10.2 Å². The molecule has 0 amide bonds. The number of nitrogens with one attached hydrogen (secondary N) is 1. The summed E-state index contributed by atoms with van der Waals surface area (Å²) >= 11 is 0. The molecule has 0 saturated carbocycles. The molecule has 1 aliphatic heterocycles. The lowest BCUT2D eigenvalue weighted by Crippen LogP contribution is -2.17. The maximum Gasteiger partial charge on any atom is 0.0416 e. The predicted molar refractivity (Wildman–Crippen MR) is 84.2 cm³/mol. The van der Waals surface area contributed by atoms with E-state index in [4.69, 9.17) is 0 Å². The van der Waals surface area contributed by atoms with Crippen molar-refractivity contribution in [2.75, 3.05) is 23.3 Å². The van der Waals surface area contributed by atoms with Crippen molar-refractivity contribution in [3.8, 4) is 0 Å². The van der Waals surface area contributed by atoms with Crippen molar-refractivity contribution >= 4 is 11.4 Å². The first-order chi connectivity index (χ1) is 9.81. The molecule has 1 aromatic heterocycles. The molecule has 1 N–H and O–H groups in total. The molecule has 1 aromatic carbocycles. The van der Waals surface area contributed by atoms with Crippen LogP contribution in [0.25, 0.3) is 0 Å². The Hall–Kier alpha value is -2.03. The lowest BCUT2D eigenvalue weighted by Gasteiger charge is -2.18. The summed E-state index contributed by atoms with van der Waals surface area (Å²) in [6.45, 7) is 5.28. The molecule has 0 atom stereocenters. The summed E-state index contributed by atoms with van der Waals surface area (Å²) in [5, 5.41) is 3.45. The number of aryl methyl sites for hydroxylation is 1. The van der Waals surface area contributed by atoms with Gasteiger partial charge in [-0.3, -0.25) is 4.98 Å². The Morgan fingerprint density at radius 3 is 2.55 bits per heavy atom. The molecule has 0 aliphatic carbocycles.